The maximum atomic E-state index is 6.30. The molecule has 0 fully saturated rings. The fraction of sp³-hybridized carbons (Fsp3) is 0.135. The Hall–Kier alpha value is -4.60. The van der Waals surface area contributed by atoms with Crippen LogP contribution < -0.4 is 10.5 Å². The molecule has 40 heavy (non-hydrogen) atoms. The summed E-state index contributed by atoms with van der Waals surface area (Å²) in [7, 11) is 0. The van der Waals surface area contributed by atoms with Crippen LogP contribution in [0.2, 0.25) is 0 Å². The molecule has 1 atom stereocenters. The summed E-state index contributed by atoms with van der Waals surface area (Å²) in [6.45, 7) is 0.574. The normalized spacial score (nSPS) is 14.7. The van der Waals surface area contributed by atoms with E-state index in [4.69, 9.17) is 10.5 Å². The number of benzene rings is 6. The number of hydrogen-bond donors (Lipinski definition) is 2. The standard InChI is InChI=1S/C25H23NO.C12H9N/c26-19-12-10-18-11-13-21-20-8-4-5-9-22(20)25(15-24(21)23(18)14-19)27-16-17-6-2-1-3-7-17;1-3-7-11-9(5-1)10-6-2-4-8-12(10)13-11/h1-9,11,13,15,19H,10,12,14,16,26H2;1-8,13H. The Morgan fingerprint density at radius 1 is 0.625 bits per heavy atom. The summed E-state index contributed by atoms with van der Waals surface area (Å²) in [4.78, 5) is 3.38. The molecule has 0 bridgehead atoms. The molecule has 1 aromatic heterocycles. The molecule has 0 spiro atoms. The molecule has 1 unspecified atom stereocenters. The zero-order valence-electron chi connectivity index (χ0n) is 22.4. The molecule has 3 nitrogen and oxygen atoms in total. The molecule has 0 radical (unpaired) electrons. The van der Waals surface area contributed by atoms with E-state index in [1.165, 1.54) is 60.0 Å². The zero-order valence-corrected chi connectivity index (χ0v) is 22.4. The predicted molar refractivity (Wildman–Crippen MR) is 168 cm³/mol. The lowest BCUT2D eigenvalue weighted by Gasteiger charge is -2.24. The van der Waals surface area contributed by atoms with Crippen molar-refractivity contribution in [2.75, 3.05) is 0 Å². The van der Waals surface area contributed by atoms with E-state index in [9.17, 15) is 0 Å². The smallest absolute Gasteiger partial charge is 0.128 e. The zero-order chi connectivity index (χ0) is 26.9. The number of aromatic amines is 1. The van der Waals surface area contributed by atoms with Crippen molar-refractivity contribution in [2.24, 2.45) is 5.73 Å². The second-order valence-corrected chi connectivity index (χ2v) is 10.7. The van der Waals surface area contributed by atoms with E-state index in [1.807, 2.05) is 6.07 Å². The largest absolute Gasteiger partial charge is 0.488 e. The van der Waals surface area contributed by atoms with Crippen molar-refractivity contribution in [1.29, 1.82) is 0 Å². The van der Waals surface area contributed by atoms with Crippen LogP contribution in [0.25, 0.3) is 43.4 Å². The minimum Gasteiger partial charge on any atom is -0.488 e. The number of nitrogens with two attached hydrogens (primary N) is 1. The molecule has 0 aliphatic heterocycles. The van der Waals surface area contributed by atoms with E-state index in [1.54, 1.807) is 0 Å². The molecule has 0 amide bonds. The minimum absolute atomic E-state index is 0.253. The van der Waals surface area contributed by atoms with Crippen LogP contribution in [0.15, 0.2) is 121 Å². The van der Waals surface area contributed by atoms with E-state index in [-0.39, 0.29) is 6.04 Å². The molecule has 3 N–H and O–H groups in total. The van der Waals surface area contributed by atoms with Crippen LogP contribution in [0, 0.1) is 0 Å². The topological polar surface area (TPSA) is 51.0 Å². The molecule has 3 heteroatoms. The minimum atomic E-state index is 0.253. The molecule has 196 valence electrons. The molecule has 0 saturated carbocycles. The Bertz CT molecular complexity index is 1900. The number of nitrogens with one attached hydrogen (secondary N) is 1. The second kappa shape index (κ2) is 10.5. The Labute approximate surface area is 234 Å². The van der Waals surface area contributed by atoms with Gasteiger partial charge in [0.2, 0.25) is 0 Å². The molecule has 1 heterocycles. The quantitative estimate of drug-likeness (QED) is 0.229. The van der Waals surface area contributed by atoms with Crippen LogP contribution in [0.3, 0.4) is 0 Å². The monoisotopic (exact) mass is 520 g/mol. The number of ether oxygens (including phenoxy) is 1. The van der Waals surface area contributed by atoms with Crippen molar-refractivity contribution < 1.29 is 4.74 Å². The van der Waals surface area contributed by atoms with E-state index >= 15 is 0 Å². The Morgan fingerprint density at radius 3 is 1.95 bits per heavy atom. The maximum absolute atomic E-state index is 6.30. The highest BCUT2D eigenvalue weighted by Crippen LogP contribution is 2.38. The predicted octanol–water partition coefficient (Wildman–Crippen LogP) is 8.71. The third-order valence-corrected chi connectivity index (χ3v) is 8.11. The summed E-state index contributed by atoms with van der Waals surface area (Å²) in [6, 6.07) is 42.7. The highest BCUT2D eigenvalue weighted by atomic mass is 16.5. The molecule has 0 saturated heterocycles. The number of fused-ring (bicyclic) bond motifs is 8. The Morgan fingerprint density at radius 2 is 1.23 bits per heavy atom. The van der Waals surface area contributed by atoms with Gasteiger partial charge in [0, 0.05) is 33.2 Å². The number of para-hydroxylation sites is 2. The van der Waals surface area contributed by atoms with Crippen LogP contribution in [0.4, 0.5) is 0 Å². The van der Waals surface area contributed by atoms with Crippen molar-refractivity contribution >= 4 is 43.4 Å². The Kier molecular flexibility index (Phi) is 6.43. The lowest BCUT2D eigenvalue weighted by atomic mass is 9.84. The van der Waals surface area contributed by atoms with Gasteiger partial charge in [0.25, 0.3) is 0 Å². The summed E-state index contributed by atoms with van der Waals surface area (Å²) < 4.78 is 6.30. The summed E-state index contributed by atoms with van der Waals surface area (Å²) >= 11 is 0. The van der Waals surface area contributed by atoms with Crippen molar-refractivity contribution in [3.63, 3.8) is 0 Å². The number of aryl methyl sites for hydroxylation is 1. The van der Waals surface area contributed by atoms with Crippen LogP contribution in [-0.4, -0.2) is 11.0 Å². The van der Waals surface area contributed by atoms with E-state index in [0.29, 0.717) is 6.61 Å². The Balaban J connectivity index is 0.000000169. The SMILES string of the molecule is NC1CCc2ccc3c(cc(OCc4ccccc4)c4ccccc43)c2C1.c1ccc2c(c1)[nH]c1ccccc12. The maximum Gasteiger partial charge on any atom is 0.128 e. The lowest BCUT2D eigenvalue weighted by Crippen LogP contribution is -2.27. The van der Waals surface area contributed by atoms with E-state index in [2.05, 4.69) is 120 Å². The van der Waals surface area contributed by atoms with Crippen molar-refractivity contribution in [2.45, 2.75) is 31.9 Å². The summed E-state index contributed by atoms with van der Waals surface area (Å²) in [5.41, 5.74) is 12.7. The van der Waals surface area contributed by atoms with Crippen LogP contribution in [0.1, 0.15) is 23.1 Å². The van der Waals surface area contributed by atoms with Gasteiger partial charge in [0.1, 0.15) is 12.4 Å². The van der Waals surface area contributed by atoms with Gasteiger partial charge in [-0.2, -0.15) is 0 Å². The van der Waals surface area contributed by atoms with Gasteiger partial charge in [-0.15, -0.1) is 0 Å². The third-order valence-electron chi connectivity index (χ3n) is 8.11. The first-order valence-corrected chi connectivity index (χ1v) is 14.1. The van der Waals surface area contributed by atoms with Crippen LogP contribution in [-0.2, 0) is 19.4 Å². The molecular weight excluding hydrogens is 488 g/mol. The van der Waals surface area contributed by atoms with Gasteiger partial charge >= 0.3 is 0 Å². The van der Waals surface area contributed by atoms with Crippen molar-refractivity contribution in [3.05, 3.63) is 138 Å². The van der Waals surface area contributed by atoms with Crippen LogP contribution >= 0.6 is 0 Å². The van der Waals surface area contributed by atoms with Gasteiger partial charge in [-0.1, -0.05) is 103 Å². The van der Waals surface area contributed by atoms with Gasteiger partial charge in [-0.3, -0.25) is 0 Å². The first-order valence-electron chi connectivity index (χ1n) is 14.1. The van der Waals surface area contributed by atoms with Gasteiger partial charge in [-0.05, 0) is 70.3 Å². The second-order valence-electron chi connectivity index (χ2n) is 10.7. The first kappa shape index (κ1) is 24.4. The molecule has 8 rings (SSSR count). The van der Waals surface area contributed by atoms with E-state index in [0.717, 1.165) is 25.0 Å². The number of hydrogen-bond acceptors (Lipinski definition) is 2. The molecule has 1 aliphatic carbocycles. The highest BCUT2D eigenvalue weighted by molar-refractivity contribution is 6.11. The van der Waals surface area contributed by atoms with Crippen molar-refractivity contribution in [3.8, 4) is 5.75 Å². The summed E-state index contributed by atoms with van der Waals surface area (Å²) in [5, 5.41) is 7.62. The molecule has 7 aromatic rings. The van der Waals surface area contributed by atoms with Gasteiger partial charge in [-0.25, -0.2) is 0 Å². The third kappa shape index (κ3) is 4.59. The van der Waals surface area contributed by atoms with Gasteiger partial charge in [0.05, 0.1) is 0 Å². The average Bonchev–Trinajstić information content (AvgIpc) is 3.39. The van der Waals surface area contributed by atoms with Crippen molar-refractivity contribution in [1.82, 2.24) is 4.98 Å². The van der Waals surface area contributed by atoms with E-state index < -0.39 is 0 Å². The molecular formula is C37H32N2O. The average molecular weight is 521 g/mol. The summed E-state index contributed by atoms with van der Waals surface area (Å²) in [6.07, 6.45) is 3.09. The van der Waals surface area contributed by atoms with Gasteiger partial charge < -0.3 is 15.5 Å². The summed E-state index contributed by atoms with van der Waals surface area (Å²) in [5.74, 6) is 0.953. The fourth-order valence-electron chi connectivity index (χ4n) is 6.09. The number of H-pyrrole nitrogens is 1. The van der Waals surface area contributed by atoms with Crippen LogP contribution in [0.5, 0.6) is 5.75 Å². The lowest BCUT2D eigenvalue weighted by molar-refractivity contribution is 0.310. The fourth-order valence-corrected chi connectivity index (χ4v) is 6.09. The first-order chi connectivity index (χ1) is 19.7. The number of rotatable bonds is 3. The molecule has 1 aliphatic rings. The van der Waals surface area contributed by atoms with Gasteiger partial charge in [0.15, 0.2) is 0 Å². The number of aromatic nitrogens is 1. The highest BCUT2D eigenvalue weighted by Gasteiger charge is 2.19. The molecule has 6 aromatic carbocycles.